The predicted molar refractivity (Wildman–Crippen MR) is 55.5 cm³/mol. The molecular formula is C11H13FO4. The van der Waals surface area contributed by atoms with Gasteiger partial charge in [0.15, 0.2) is 11.5 Å². The molecule has 88 valence electrons. The lowest BCUT2D eigenvalue weighted by molar-refractivity contribution is 0.0521. The van der Waals surface area contributed by atoms with Crippen molar-refractivity contribution in [1.82, 2.24) is 0 Å². The van der Waals surface area contributed by atoms with E-state index in [0.717, 1.165) is 0 Å². The number of carbonyl (C=O) groups excluding carboxylic acids is 1. The molecule has 0 spiro atoms. The molecule has 0 bridgehead atoms. The number of ether oxygens (including phenoxy) is 3. The maximum atomic E-state index is 13.7. The average Bonchev–Trinajstić information content (AvgIpc) is 2.28. The van der Waals surface area contributed by atoms with Gasteiger partial charge in [0.2, 0.25) is 5.82 Å². The first kappa shape index (κ1) is 12.3. The summed E-state index contributed by atoms with van der Waals surface area (Å²) < 4.78 is 28.1. The van der Waals surface area contributed by atoms with E-state index in [-0.39, 0.29) is 23.7 Å². The summed E-state index contributed by atoms with van der Waals surface area (Å²) in [6.45, 7) is 1.89. The molecule has 0 aromatic heterocycles. The Morgan fingerprint density at radius 2 is 2.00 bits per heavy atom. The lowest BCUT2D eigenvalue weighted by Gasteiger charge is -2.10. The second-order valence-electron chi connectivity index (χ2n) is 2.88. The van der Waals surface area contributed by atoms with E-state index in [4.69, 9.17) is 14.2 Å². The fourth-order valence-electron chi connectivity index (χ4n) is 1.26. The van der Waals surface area contributed by atoms with Crippen LogP contribution in [0.1, 0.15) is 17.3 Å². The Morgan fingerprint density at radius 3 is 2.50 bits per heavy atom. The van der Waals surface area contributed by atoms with E-state index in [1.54, 1.807) is 6.92 Å². The van der Waals surface area contributed by atoms with E-state index in [1.807, 2.05) is 0 Å². The molecular weight excluding hydrogens is 215 g/mol. The number of esters is 1. The van der Waals surface area contributed by atoms with Gasteiger partial charge in [-0.2, -0.15) is 4.39 Å². The fraction of sp³-hybridized carbons (Fsp3) is 0.364. The van der Waals surface area contributed by atoms with E-state index >= 15 is 0 Å². The third-order valence-electron chi connectivity index (χ3n) is 1.98. The van der Waals surface area contributed by atoms with Crippen LogP contribution in [-0.2, 0) is 4.74 Å². The minimum Gasteiger partial charge on any atom is -0.494 e. The molecule has 4 nitrogen and oxygen atoms in total. The zero-order chi connectivity index (χ0) is 12.1. The Kier molecular flexibility index (Phi) is 4.10. The molecule has 0 aliphatic carbocycles. The second kappa shape index (κ2) is 5.34. The van der Waals surface area contributed by atoms with Crippen LogP contribution in [0.25, 0.3) is 0 Å². The SMILES string of the molecule is CCOC(=O)c1ccc(OC)c(F)c1OC. The first-order chi connectivity index (χ1) is 7.65. The molecule has 1 rings (SSSR count). The Morgan fingerprint density at radius 1 is 1.31 bits per heavy atom. The summed E-state index contributed by atoms with van der Waals surface area (Å²) in [4.78, 5) is 11.5. The van der Waals surface area contributed by atoms with Crippen molar-refractivity contribution in [3.05, 3.63) is 23.5 Å². The van der Waals surface area contributed by atoms with E-state index in [0.29, 0.717) is 0 Å². The van der Waals surface area contributed by atoms with Crippen LogP contribution < -0.4 is 9.47 Å². The van der Waals surface area contributed by atoms with Crippen molar-refractivity contribution in [3.8, 4) is 11.5 Å². The Hall–Kier alpha value is -1.78. The van der Waals surface area contributed by atoms with Crippen LogP contribution in [-0.4, -0.2) is 26.8 Å². The van der Waals surface area contributed by atoms with Gasteiger partial charge in [0, 0.05) is 0 Å². The van der Waals surface area contributed by atoms with E-state index < -0.39 is 11.8 Å². The van der Waals surface area contributed by atoms with Crippen molar-refractivity contribution in [3.63, 3.8) is 0 Å². The van der Waals surface area contributed by atoms with E-state index in [1.165, 1.54) is 26.4 Å². The molecule has 0 radical (unpaired) electrons. The third kappa shape index (κ3) is 2.24. The van der Waals surface area contributed by atoms with Crippen LogP contribution in [0.15, 0.2) is 12.1 Å². The highest BCUT2D eigenvalue weighted by Gasteiger charge is 2.20. The fourth-order valence-corrected chi connectivity index (χ4v) is 1.26. The van der Waals surface area contributed by atoms with Crippen LogP contribution in [0.3, 0.4) is 0 Å². The van der Waals surface area contributed by atoms with Crippen LogP contribution in [0.4, 0.5) is 4.39 Å². The monoisotopic (exact) mass is 228 g/mol. The minimum absolute atomic E-state index is 0.0184. The van der Waals surface area contributed by atoms with Crippen molar-refractivity contribution < 1.29 is 23.4 Å². The summed E-state index contributed by atoms with van der Waals surface area (Å²) in [6.07, 6.45) is 0. The van der Waals surface area contributed by atoms with Crippen LogP contribution in [0.2, 0.25) is 0 Å². The highest BCUT2D eigenvalue weighted by molar-refractivity contribution is 5.92. The van der Waals surface area contributed by atoms with Gasteiger partial charge in [-0.15, -0.1) is 0 Å². The van der Waals surface area contributed by atoms with Crippen molar-refractivity contribution in [2.45, 2.75) is 6.92 Å². The number of methoxy groups -OCH3 is 2. The molecule has 0 aliphatic rings. The van der Waals surface area contributed by atoms with Crippen molar-refractivity contribution >= 4 is 5.97 Å². The van der Waals surface area contributed by atoms with Crippen LogP contribution in [0.5, 0.6) is 11.5 Å². The van der Waals surface area contributed by atoms with Crippen molar-refractivity contribution in [2.75, 3.05) is 20.8 Å². The maximum Gasteiger partial charge on any atom is 0.342 e. The van der Waals surface area contributed by atoms with Gasteiger partial charge in [-0.25, -0.2) is 4.79 Å². The Balaban J connectivity index is 3.20. The van der Waals surface area contributed by atoms with E-state index in [2.05, 4.69) is 0 Å². The Bertz CT molecular complexity index is 390. The molecule has 0 N–H and O–H groups in total. The molecule has 0 fully saturated rings. The number of halogens is 1. The molecule has 0 saturated heterocycles. The highest BCUT2D eigenvalue weighted by Crippen LogP contribution is 2.30. The zero-order valence-electron chi connectivity index (χ0n) is 9.37. The first-order valence-corrected chi connectivity index (χ1v) is 4.73. The topological polar surface area (TPSA) is 44.8 Å². The molecule has 0 amide bonds. The molecule has 1 aromatic carbocycles. The summed E-state index contributed by atoms with van der Waals surface area (Å²) in [5.74, 6) is -1.49. The third-order valence-corrected chi connectivity index (χ3v) is 1.98. The molecule has 5 heteroatoms. The summed E-state index contributed by atoms with van der Waals surface area (Å²) in [6, 6.07) is 2.75. The van der Waals surface area contributed by atoms with Gasteiger partial charge in [0.1, 0.15) is 5.56 Å². The maximum absolute atomic E-state index is 13.7. The largest absolute Gasteiger partial charge is 0.494 e. The second-order valence-corrected chi connectivity index (χ2v) is 2.88. The molecule has 1 aromatic rings. The summed E-state index contributed by atoms with van der Waals surface area (Å²) in [5.41, 5.74) is 0.0441. The summed E-state index contributed by atoms with van der Waals surface area (Å²) in [7, 11) is 2.61. The smallest absolute Gasteiger partial charge is 0.342 e. The number of carbonyl (C=O) groups is 1. The van der Waals surface area contributed by atoms with Crippen molar-refractivity contribution in [2.24, 2.45) is 0 Å². The van der Waals surface area contributed by atoms with Gasteiger partial charge in [0.25, 0.3) is 0 Å². The standard InChI is InChI=1S/C11H13FO4/c1-4-16-11(13)7-5-6-8(14-2)9(12)10(7)15-3/h5-6H,4H2,1-3H3. The quantitative estimate of drug-likeness (QED) is 0.739. The number of hydrogen-bond acceptors (Lipinski definition) is 4. The summed E-state index contributed by atoms with van der Waals surface area (Å²) >= 11 is 0. The van der Waals surface area contributed by atoms with Gasteiger partial charge in [-0.1, -0.05) is 0 Å². The molecule has 0 unspecified atom stereocenters. The normalized spacial score (nSPS) is 9.75. The van der Waals surface area contributed by atoms with Gasteiger partial charge in [0.05, 0.1) is 20.8 Å². The summed E-state index contributed by atoms with van der Waals surface area (Å²) in [5, 5.41) is 0. The molecule has 0 saturated carbocycles. The minimum atomic E-state index is -0.712. The average molecular weight is 228 g/mol. The lowest BCUT2D eigenvalue weighted by atomic mass is 10.2. The number of hydrogen-bond donors (Lipinski definition) is 0. The van der Waals surface area contributed by atoms with E-state index in [9.17, 15) is 9.18 Å². The van der Waals surface area contributed by atoms with Gasteiger partial charge < -0.3 is 14.2 Å². The van der Waals surface area contributed by atoms with Crippen LogP contribution in [0, 0.1) is 5.82 Å². The van der Waals surface area contributed by atoms with Crippen LogP contribution >= 0.6 is 0 Å². The molecule has 0 heterocycles. The molecule has 16 heavy (non-hydrogen) atoms. The highest BCUT2D eigenvalue weighted by atomic mass is 19.1. The zero-order valence-corrected chi connectivity index (χ0v) is 9.37. The lowest BCUT2D eigenvalue weighted by Crippen LogP contribution is -2.08. The Labute approximate surface area is 92.9 Å². The predicted octanol–water partition coefficient (Wildman–Crippen LogP) is 2.02. The number of rotatable bonds is 4. The molecule has 0 atom stereocenters. The van der Waals surface area contributed by atoms with Gasteiger partial charge >= 0.3 is 5.97 Å². The van der Waals surface area contributed by atoms with Gasteiger partial charge in [-0.05, 0) is 19.1 Å². The number of benzene rings is 1. The van der Waals surface area contributed by atoms with Crippen molar-refractivity contribution in [1.29, 1.82) is 0 Å². The molecule has 0 aliphatic heterocycles. The van der Waals surface area contributed by atoms with Gasteiger partial charge in [-0.3, -0.25) is 0 Å². The first-order valence-electron chi connectivity index (χ1n) is 4.73.